The summed E-state index contributed by atoms with van der Waals surface area (Å²) < 4.78 is 14.1. The standard InChI is InChI=1S/C9H16O5.C3H6/c1-3-12-7-14-9(11)6-5-8(10)13-4-2;1-3-2/h3-7H2,1-2H3;3H,1H2,2H3. The molecule has 0 N–H and O–H groups in total. The van der Waals surface area contributed by atoms with E-state index < -0.39 is 5.97 Å². The van der Waals surface area contributed by atoms with Gasteiger partial charge in [0.25, 0.3) is 0 Å². The van der Waals surface area contributed by atoms with Crippen molar-refractivity contribution in [2.75, 3.05) is 20.0 Å². The summed E-state index contributed by atoms with van der Waals surface area (Å²) in [6.07, 6.45) is 1.84. The van der Waals surface area contributed by atoms with Crippen LogP contribution < -0.4 is 0 Å². The van der Waals surface area contributed by atoms with E-state index in [1.807, 2.05) is 6.92 Å². The van der Waals surface area contributed by atoms with Crippen molar-refractivity contribution in [1.82, 2.24) is 0 Å². The lowest BCUT2D eigenvalue weighted by molar-refractivity contribution is -0.158. The van der Waals surface area contributed by atoms with Gasteiger partial charge in [-0.3, -0.25) is 9.59 Å². The Hall–Kier alpha value is -1.36. The fourth-order valence-corrected chi connectivity index (χ4v) is 0.700. The fraction of sp³-hybridized carbons (Fsp3) is 0.667. The molecule has 5 heteroatoms. The van der Waals surface area contributed by atoms with Crippen LogP contribution >= 0.6 is 0 Å². The molecule has 0 radical (unpaired) electrons. The van der Waals surface area contributed by atoms with E-state index in [2.05, 4.69) is 16.1 Å². The molecule has 0 aromatic rings. The van der Waals surface area contributed by atoms with Crippen molar-refractivity contribution >= 4 is 11.9 Å². The summed E-state index contributed by atoms with van der Waals surface area (Å²) in [6.45, 7) is 9.52. The summed E-state index contributed by atoms with van der Waals surface area (Å²) in [7, 11) is 0. The highest BCUT2D eigenvalue weighted by Crippen LogP contribution is 1.95. The fourth-order valence-electron chi connectivity index (χ4n) is 0.700. The van der Waals surface area contributed by atoms with Crippen LogP contribution in [0.25, 0.3) is 0 Å². The van der Waals surface area contributed by atoms with Crippen molar-refractivity contribution in [2.45, 2.75) is 33.6 Å². The van der Waals surface area contributed by atoms with Gasteiger partial charge < -0.3 is 14.2 Å². The molecule has 0 spiro atoms. The zero-order chi connectivity index (χ0) is 13.5. The van der Waals surface area contributed by atoms with Crippen LogP contribution in [-0.2, 0) is 23.8 Å². The topological polar surface area (TPSA) is 61.8 Å². The van der Waals surface area contributed by atoms with Gasteiger partial charge in [0.2, 0.25) is 0 Å². The second-order valence-electron chi connectivity index (χ2n) is 2.84. The second-order valence-corrected chi connectivity index (χ2v) is 2.84. The number of allylic oxidation sites excluding steroid dienone is 1. The van der Waals surface area contributed by atoms with Gasteiger partial charge in [-0.2, -0.15) is 0 Å². The molecule has 0 fully saturated rings. The molecule has 0 aromatic carbocycles. The van der Waals surface area contributed by atoms with Gasteiger partial charge in [0.1, 0.15) is 0 Å². The lowest BCUT2D eigenvalue weighted by Crippen LogP contribution is -2.11. The van der Waals surface area contributed by atoms with E-state index in [9.17, 15) is 9.59 Å². The summed E-state index contributed by atoms with van der Waals surface area (Å²) in [5.74, 6) is -0.840. The zero-order valence-electron chi connectivity index (χ0n) is 10.9. The summed E-state index contributed by atoms with van der Waals surface area (Å²) >= 11 is 0. The second kappa shape index (κ2) is 14.6. The molecule has 0 aliphatic heterocycles. The van der Waals surface area contributed by atoms with Gasteiger partial charge in [-0.15, -0.1) is 6.58 Å². The molecular formula is C12H22O5. The first-order chi connectivity index (χ1) is 8.12. The SMILES string of the molecule is C=CC.CCOCOC(=O)CCC(=O)OCC. The largest absolute Gasteiger partial charge is 0.466 e. The molecule has 17 heavy (non-hydrogen) atoms. The minimum Gasteiger partial charge on any atom is -0.466 e. The third-order valence-electron chi connectivity index (χ3n) is 1.35. The first-order valence-corrected chi connectivity index (χ1v) is 5.58. The maximum atomic E-state index is 10.9. The van der Waals surface area contributed by atoms with Gasteiger partial charge in [0, 0.05) is 6.61 Å². The Balaban J connectivity index is 0. The van der Waals surface area contributed by atoms with Crippen LogP contribution in [0.15, 0.2) is 12.7 Å². The lowest BCUT2D eigenvalue weighted by Gasteiger charge is -2.04. The summed E-state index contributed by atoms with van der Waals surface area (Å²) in [5, 5.41) is 0. The van der Waals surface area contributed by atoms with E-state index in [0.29, 0.717) is 13.2 Å². The Morgan fingerprint density at radius 2 is 1.53 bits per heavy atom. The van der Waals surface area contributed by atoms with Crippen molar-refractivity contribution in [2.24, 2.45) is 0 Å². The van der Waals surface area contributed by atoms with E-state index in [4.69, 9.17) is 4.74 Å². The predicted molar refractivity (Wildman–Crippen MR) is 64.3 cm³/mol. The van der Waals surface area contributed by atoms with E-state index in [1.165, 1.54) is 0 Å². The van der Waals surface area contributed by atoms with Gasteiger partial charge in [-0.1, -0.05) is 6.08 Å². The third kappa shape index (κ3) is 17.3. The third-order valence-corrected chi connectivity index (χ3v) is 1.35. The Morgan fingerprint density at radius 3 is 1.94 bits per heavy atom. The van der Waals surface area contributed by atoms with E-state index >= 15 is 0 Å². The van der Waals surface area contributed by atoms with Crippen LogP contribution in [-0.4, -0.2) is 31.9 Å². The molecular weight excluding hydrogens is 224 g/mol. The molecule has 0 bridgehead atoms. The molecule has 0 atom stereocenters. The predicted octanol–water partition coefficient (Wildman–Crippen LogP) is 2.06. The van der Waals surface area contributed by atoms with Gasteiger partial charge in [0.15, 0.2) is 6.79 Å². The van der Waals surface area contributed by atoms with Gasteiger partial charge in [0.05, 0.1) is 19.4 Å². The minimum atomic E-state index is -0.452. The summed E-state index contributed by atoms with van der Waals surface area (Å²) in [4.78, 5) is 21.7. The number of carbonyl (C=O) groups excluding carboxylic acids is 2. The molecule has 0 unspecified atom stereocenters. The van der Waals surface area contributed by atoms with E-state index in [1.54, 1.807) is 19.9 Å². The molecule has 0 heterocycles. The average molecular weight is 246 g/mol. The maximum Gasteiger partial charge on any atom is 0.308 e. The van der Waals surface area contributed by atoms with Crippen LogP contribution in [0.5, 0.6) is 0 Å². The molecule has 0 aromatic heterocycles. The molecule has 5 nitrogen and oxygen atoms in total. The van der Waals surface area contributed by atoms with E-state index in [0.717, 1.165) is 0 Å². The first-order valence-electron chi connectivity index (χ1n) is 5.58. The van der Waals surface area contributed by atoms with E-state index in [-0.39, 0.29) is 25.6 Å². The molecule has 0 amide bonds. The average Bonchev–Trinajstić information content (AvgIpc) is 2.28. The molecule has 0 rings (SSSR count). The van der Waals surface area contributed by atoms with Crippen molar-refractivity contribution < 1.29 is 23.8 Å². The van der Waals surface area contributed by atoms with Crippen LogP contribution in [0, 0.1) is 0 Å². The Bertz CT molecular complexity index is 213. The van der Waals surface area contributed by atoms with Crippen LogP contribution in [0.4, 0.5) is 0 Å². The van der Waals surface area contributed by atoms with Crippen LogP contribution in [0.1, 0.15) is 33.6 Å². The van der Waals surface area contributed by atoms with Gasteiger partial charge >= 0.3 is 11.9 Å². The smallest absolute Gasteiger partial charge is 0.308 e. The summed E-state index contributed by atoms with van der Waals surface area (Å²) in [5.41, 5.74) is 0. The van der Waals surface area contributed by atoms with Gasteiger partial charge in [-0.05, 0) is 20.8 Å². The number of rotatable bonds is 7. The number of hydrogen-bond donors (Lipinski definition) is 0. The normalized spacial score (nSPS) is 8.65. The lowest BCUT2D eigenvalue weighted by atomic mass is 10.3. The monoisotopic (exact) mass is 246 g/mol. The molecule has 0 aliphatic carbocycles. The Labute approximate surface area is 103 Å². The maximum absolute atomic E-state index is 10.9. The molecule has 0 aliphatic rings. The van der Waals surface area contributed by atoms with Crippen molar-refractivity contribution in [3.63, 3.8) is 0 Å². The highest BCUT2D eigenvalue weighted by atomic mass is 16.7. The van der Waals surface area contributed by atoms with Crippen molar-refractivity contribution in [3.05, 3.63) is 12.7 Å². The number of hydrogen-bond acceptors (Lipinski definition) is 5. The molecule has 0 saturated heterocycles. The van der Waals surface area contributed by atoms with Crippen LogP contribution in [0.3, 0.4) is 0 Å². The Morgan fingerprint density at radius 1 is 1.06 bits per heavy atom. The highest BCUT2D eigenvalue weighted by Gasteiger charge is 2.07. The first kappa shape index (κ1) is 18.0. The Kier molecular flexibility index (Phi) is 15.5. The highest BCUT2D eigenvalue weighted by molar-refractivity contribution is 5.77. The zero-order valence-corrected chi connectivity index (χ0v) is 10.9. The molecule has 100 valence electrons. The van der Waals surface area contributed by atoms with Crippen molar-refractivity contribution in [1.29, 1.82) is 0 Å². The molecule has 0 saturated carbocycles. The van der Waals surface area contributed by atoms with Crippen molar-refractivity contribution in [3.8, 4) is 0 Å². The van der Waals surface area contributed by atoms with Crippen LogP contribution in [0.2, 0.25) is 0 Å². The number of carbonyl (C=O) groups is 2. The van der Waals surface area contributed by atoms with Gasteiger partial charge in [-0.25, -0.2) is 0 Å². The number of esters is 2. The quantitative estimate of drug-likeness (QED) is 0.298. The minimum absolute atomic E-state index is 0.0336. The number of ether oxygens (including phenoxy) is 3. The summed E-state index contributed by atoms with van der Waals surface area (Å²) in [6, 6.07) is 0.